The fourth-order valence-corrected chi connectivity index (χ4v) is 3.26. The van der Waals surface area contributed by atoms with Crippen LogP contribution >= 0.6 is 24.8 Å². The number of hydrogen-bond acceptors (Lipinski definition) is 2. The van der Waals surface area contributed by atoms with Crippen molar-refractivity contribution in [2.45, 2.75) is 40.2 Å². The summed E-state index contributed by atoms with van der Waals surface area (Å²) in [6.45, 7) is 13.7. The Kier molecular flexibility index (Phi) is 9.55. The zero-order chi connectivity index (χ0) is 13.8. The average molecular weight is 333 g/mol. The SMILES string of the molecule is CCC(C)[C@H](c1cc(C)cc(C)c1)N1CCNCC1.Cl.Cl. The van der Waals surface area contributed by atoms with Gasteiger partial charge in [-0.05, 0) is 25.3 Å². The summed E-state index contributed by atoms with van der Waals surface area (Å²) in [6, 6.07) is 7.61. The Morgan fingerprint density at radius 2 is 1.57 bits per heavy atom. The number of piperazine rings is 1. The third-order valence-electron chi connectivity index (χ3n) is 4.31. The van der Waals surface area contributed by atoms with Gasteiger partial charge in [-0.25, -0.2) is 0 Å². The summed E-state index contributed by atoms with van der Waals surface area (Å²) in [6.07, 6.45) is 1.24. The van der Waals surface area contributed by atoms with Crippen LogP contribution in [0, 0.1) is 19.8 Å². The Morgan fingerprint density at radius 3 is 2.05 bits per heavy atom. The predicted octanol–water partition coefficient (Wildman–Crippen LogP) is 4.14. The minimum Gasteiger partial charge on any atom is -0.314 e. The number of nitrogens with one attached hydrogen (secondary N) is 1. The van der Waals surface area contributed by atoms with Gasteiger partial charge in [-0.2, -0.15) is 0 Å². The van der Waals surface area contributed by atoms with Crippen molar-refractivity contribution in [3.63, 3.8) is 0 Å². The van der Waals surface area contributed by atoms with Crippen LogP contribution in [0.2, 0.25) is 0 Å². The second-order valence-corrected chi connectivity index (χ2v) is 6.04. The minimum absolute atomic E-state index is 0. The van der Waals surface area contributed by atoms with Crippen molar-refractivity contribution in [3.05, 3.63) is 34.9 Å². The summed E-state index contributed by atoms with van der Waals surface area (Å²) in [7, 11) is 0. The van der Waals surface area contributed by atoms with Crippen LogP contribution in [0.25, 0.3) is 0 Å². The molecule has 2 rings (SSSR count). The number of nitrogens with zero attached hydrogens (tertiary/aromatic N) is 1. The van der Waals surface area contributed by atoms with Crippen molar-refractivity contribution in [1.82, 2.24) is 10.2 Å². The van der Waals surface area contributed by atoms with E-state index in [0.717, 1.165) is 13.1 Å². The average Bonchev–Trinajstić information content (AvgIpc) is 2.39. The maximum absolute atomic E-state index is 3.46. The van der Waals surface area contributed by atoms with Crippen LogP contribution in [0.1, 0.15) is 43.0 Å². The summed E-state index contributed by atoms with van der Waals surface area (Å²) >= 11 is 0. The molecule has 1 saturated heterocycles. The van der Waals surface area contributed by atoms with Gasteiger partial charge in [0.25, 0.3) is 0 Å². The molecule has 0 spiro atoms. The molecule has 1 unspecified atom stereocenters. The molecule has 1 N–H and O–H groups in total. The molecule has 1 aromatic rings. The molecule has 1 aliphatic rings. The predicted molar refractivity (Wildman–Crippen MR) is 97.1 cm³/mol. The van der Waals surface area contributed by atoms with E-state index < -0.39 is 0 Å². The molecule has 21 heavy (non-hydrogen) atoms. The molecule has 2 atom stereocenters. The van der Waals surface area contributed by atoms with Gasteiger partial charge in [-0.3, -0.25) is 4.90 Å². The zero-order valence-corrected chi connectivity index (χ0v) is 15.3. The van der Waals surface area contributed by atoms with Gasteiger partial charge in [-0.1, -0.05) is 49.6 Å². The number of benzene rings is 1. The first-order chi connectivity index (χ1) is 9.11. The maximum Gasteiger partial charge on any atom is 0.0374 e. The van der Waals surface area contributed by atoms with Gasteiger partial charge in [-0.15, -0.1) is 24.8 Å². The fraction of sp³-hybridized carbons (Fsp3) is 0.647. The van der Waals surface area contributed by atoms with E-state index in [4.69, 9.17) is 0 Å². The van der Waals surface area contributed by atoms with Gasteiger partial charge in [0.05, 0.1) is 0 Å². The Labute approximate surface area is 142 Å². The number of rotatable bonds is 4. The van der Waals surface area contributed by atoms with Crippen LogP contribution in [-0.2, 0) is 0 Å². The molecule has 1 heterocycles. The lowest BCUT2D eigenvalue weighted by Crippen LogP contribution is -2.46. The van der Waals surface area contributed by atoms with Gasteiger partial charge in [0.15, 0.2) is 0 Å². The van der Waals surface area contributed by atoms with E-state index in [1.54, 1.807) is 0 Å². The molecule has 1 fully saturated rings. The smallest absolute Gasteiger partial charge is 0.0374 e. The topological polar surface area (TPSA) is 15.3 Å². The normalized spacial score (nSPS) is 18.3. The zero-order valence-electron chi connectivity index (χ0n) is 13.7. The van der Waals surface area contributed by atoms with Crippen molar-refractivity contribution in [2.24, 2.45) is 5.92 Å². The quantitative estimate of drug-likeness (QED) is 0.891. The van der Waals surface area contributed by atoms with Crippen LogP contribution in [0.3, 0.4) is 0 Å². The van der Waals surface area contributed by atoms with Crippen molar-refractivity contribution in [2.75, 3.05) is 26.2 Å². The van der Waals surface area contributed by atoms with Crippen molar-refractivity contribution < 1.29 is 0 Å². The lowest BCUT2D eigenvalue weighted by molar-refractivity contribution is 0.128. The van der Waals surface area contributed by atoms with Gasteiger partial charge < -0.3 is 5.32 Å². The highest BCUT2D eigenvalue weighted by atomic mass is 35.5. The van der Waals surface area contributed by atoms with Crippen molar-refractivity contribution in [3.8, 4) is 0 Å². The Hall–Kier alpha value is -0.280. The second-order valence-electron chi connectivity index (χ2n) is 6.04. The lowest BCUT2D eigenvalue weighted by atomic mass is 9.89. The monoisotopic (exact) mass is 332 g/mol. The van der Waals surface area contributed by atoms with Crippen LogP contribution in [0.15, 0.2) is 18.2 Å². The molecule has 0 bridgehead atoms. The van der Waals surface area contributed by atoms with Crippen LogP contribution in [0.5, 0.6) is 0 Å². The van der Waals surface area contributed by atoms with E-state index in [1.165, 1.54) is 36.2 Å². The summed E-state index contributed by atoms with van der Waals surface area (Å²) in [5.74, 6) is 0.708. The maximum atomic E-state index is 3.46. The molecule has 4 heteroatoms. The van der Waals surface area contributed by atoms with Gasteiger partial charge in [0.2, 0.25) is 0 Å². The van der Waals surface area contributed by atoms with Crippen LogP contribution < -0.4 is 5.32 Å². The van der Waals surface area contributed by atoms with Gasteiger partial charge in [0, 0.05) is 32.2 Å². The highest BCUT2D eigenvalue weighted by Crippen LogP contribution is 2.32. The largest absolute Gasteiger partial charge is 0.314 e. The van der Waals surface area contributed by atoms with Crippen LogP contribution in [-0.4, -0.2) is 31.1 Å². The van der Waals surface area contributed by atoms with E-state index in [1.807, 2.05) is 0 Å². The number of halogens is 2. The number of aryl methyl sites for hydroxylation is 2. The third kappa shape index (κ3) is 5.45. The van der Waals surface area contributed by atoms with Crippen molar-refractivity contribution in [1.29, 1.82) is 0 Å². The Bertz CT molecular complexity index is 397. The molecular weight excluding hydrogens is 303 g/mol. The molecule has 1 aliphatic heterocycles. The first kappa shape index (κ1) is 20.7. The lowest BCUT2D eigenvalue weighted by Gasteiger charge is -2.38. The number of hydrogen-bond donors (Lipinski definition) is 1. The molecule has 0 saturated carbocycles. The Morgan fingerprint density at radius 1 is 1.05 bits per heavy atom. The van der Waals surface area contributed by atoms with E-state index in [2.05, 4.69) is 56.1 Å². The highest BCUT2D eigenvalue weighted by Gasteiger charge is 2.26. The van der Waals surface area contributed by atoms with Gasteiger partial charge in [0.1, 0.15) is 0 Å². The standard InChI is InChI=1S/C17H28N2.2ClH/c1-5-15(4)17(19-8-6-18-7-9-19)16-11-13(2)10-14(3)12-16;;/h10-12,15,17-18H,5-9H2,1-4H3;2*1H/t15?,17-;;/m1../s1. The summed E-state index contributed by atoms with van der Waals surface area (Å²) in [5, 5.41) is 3.46. The molecule has 1 aromatic carbocycles. The van der Waals surface area contributed by atoms with E-state index in [-0.39, 0.29) is 24.8 Å². The van der Waals surface area contributed by atoms with E-state index in [9.17, 15) is 0 Å². The molecule has 122 valence electrons. The highest BCUT2D eigenvalue weighted by molar-refractivity contribution is 5.85. The fourth-order valence-electron chi connectivity index (χ4n) is 3.26. The molecule has 2 nitrogen and oxygen atoms in total. The van der Waals surface area contributed by atoms with Crippen molar-refractivity contribution >= 4 is 24.8 Å². The third-order valence-corrected chi connectivity index (χ3v) is 4.31. The Balaban J connectivity index is 0.00000200. The molecular formula is C17H30Cl2N2. The second kappa shape index (κ2) is 9.68. The van der Waals surface area contributed by atoms with E-state index in [0.29, 0.717) is 12.0 Å². The first-order valence-corrected chi connectivity index (χ1v) is 7.64. The molecule has 0 aliphatic carbocycles. The molecule has 0 amide bonds. The first-order valence-electron chi connectivity index (χ1n) is 7.64. The van der Waals surface area contributed by atoms with E-state index >= 15 is 0 Å². The molecule has 0 radical (unpaired) electrons. The van der Waals surface area contributed by atoms with Gasteiger partial charge >= 0.3 is 0 Å². The summed E-state index contributed by atoms with van der Waals surface area (Å²) < 4.78 is 0. The summed E-state index contributed by atoms with van der Waals surface area (Å²) in [5.41, 5.74) is 4.28. The minimum atomic E-state index is 0. The van der Waals surface area contributed by atoms with Crippen LogP contribution in [0.4, 0.5) is 0 Å². The molecule has 0 aromatic heterocycles. The summed E-state index contributed by atoms with van der Waals surface area (Å²) in [4.78, 5) is 2.67.